The van der Waals surface area contributed by atoms with E-state index in [2.05, 4.69) is 53.4 Å². The van der Waals surface area contributed by atoms with Gasteiger partial charge < -0.3 is 4.90 Å². The lowest BCUT2D eigenvalue weighted by Gasteiger charge is -2.27. The van der Waals surface area contributed by atoms with Crippen LogP contribution in [0.1, 0.15) is 27.8 Å². The van der Waals surface area contributed by atoms with E-state index < -0.39 is 0 Å². The number of rotatable bonds is 4. The molecule has 0 heterocycles. The molecule has 204 valence electrons. The second kappa shape index (κ2) is 10.6. The fraction of sp³-hybridized carbons (Fsp3) is 0. The van der Waals surface area contributed by atoms with E-state index in [1.54, 1.807) is 6.07 Å². The van der Waals surface area contributed by atoms with Crippen LogP contribution in [0.2, 0.25) is 0 Å². The normalized spacial score (nSPS) is 10.6. The van der Waals surface area contributed by atoms with Gasteiger partial charge in [-0.15, -0.1) is 0 Å². The molecular weight excluding hydrogens is 552 g/mol. The minimum atomic E-state index is -0.260. The Labute approximate surface area is 259 Å². The lowest BCUT2D eigenvalue weighted by molar-refractivity contribution is 1.30. The molecule has 0 unspecified atom stereocenters. The fourth-order valence-electron chi connectivity index (χ4n) is 6.37. The summed E-state index contributed by atoms with van der Waals surface area (Å²) in [6, 6.07) is 46.2. The second-order valence-corrected chi connectivity index (χ2v) is 10.4. The molecule has 6 aromatic rings. The molecule has 6 heteroatoms. The van der Waals surface area contributed by atoms with E-state index >= 15 is 0 Å². The third-order valence-corrected chi connectivity index (χ3v) is 8.23. The molecular formula is C39H18N6. The van der Waals surface area contributed by atoms with Crippen LogP contribution in [0.3, 0.4) is 0 Å². The molecule has 6 nitrogen and oxygen atoms in total. The van der Waals surface area contributed by atoms with Crippen molar-refractivity contribution in [2.45, 2.75) is 0 Å². The van der Waals surface area contributed by atoms with Crippen molar-refractivity contribution in [1.29, 1.82) is 26.3 Å². The average molecular weight is 571 g/mol. The Morgan fingerprint density at radius 3 is 1.49 bits per heavy atom. The molecule has 0 aliphatic heterocycles. The number of nitriles is 5. The predicted octanol–water partition coefficient (Wildman–Crippen LogP) is 8.98. The first-order valence-corrected chi connectivity index (χ1v) is 14.0. The topological polar surface area (TPSA) is 122 Å². The smallest absolute Gasteiger partial charge is 0.102 e. The van der Waals surface area contributed by atoms with E-state index in [1.807, 2.05) is 84.9 Å². The SMILES string of the molecule is N#Cc1c(C#N)c(C#N)c(-c2ccc3c(c2)-c2cccc4c(N(c5ccccc5)c5ccccc5)ccc-3c24)c(C#N)c1C#N. The zero-order valence-electron chi connectivity index (χ0n) is 23.6. The van der Waals surface area contributed by atoms with Crippen LogP contribution < -0.4 is 4.90 Å². The number of para-hydroxylation sites is 2. The van der Waals surface area contributed by atoms with Gasteiger partial charge in [0, 0.05) is 22.3 Å². The molecule has 0 atom stereocenters. The monoisotopic (exact) mass is 570 g/mol. The van der Waals surface area contributed by atoms with Crippen molar-refractivity contribution in [3.05, 3.63) is 137 Å². The fourth-order valence-corrected chi connectivity index (χ4v) is 6.37. The van der Waals surface area contributed by atoms with E-state index in [-0.39, 0.29) is 33.4 Å². The highest BCUT2D eigenvalue weighted by atomic mass is 15.1. The third kappa shape index (κ3) is 3.91. The van der Waals surface area contributed by atoms with Crippen molar-refractivity contribution in [3.63, 3.8) is 0 Å². The summed E-state index contributed by atoms with van der Waals surface area (Å²) in [5, 5.41) is 51.8. The standard InChI is InChI=1S/C39H18N6/c40-19-32-33(20-41)35(22-43)38(36(23-44)34(32)21-42)24-14-15-27-29-16-17-37(30-13-7-12-28(39(29)30)31(27)18-24)45(25-8-3-1-4-9-25)26-10-5-2-6-11-26/h1-18H. The summed E-state index contributed by atoms with van der Waals surface area (Å²) < 4.78 is 0. The summed E-state index contributed by atoms with van der Waals surface area (Å²) in [5.41, 5.74) is 6.85. The summed E-state index contributed by atoms with van der Waals surface area (Å²) >= 11 is 0. The molecule has 0 aromatic heterocycles. The molecule has 1 aliphatic rings. The molecule has 1 aliphatic carbocycles. The molecule has 0 spiro atoms. The number of nitrogens with zero attached hydrogens (tertiary/aromatic N) is 6. The Hall–Kier alpha value is -7.17. The molecule has 0 amide bonds. The predicted molar refractivity (Wildman–Crippen MR) is 172 cm³/mol. The van der Waals surface area contributed by atoms with Crippen LogP contribution >= 0.6 is 0 Å². The van der Waals surface area contributed by atoms with Gasteiger partial charge in [-0.1, -0.05) is 72.8 Å². The van der Waals surface area contributed by atoms with Gasteiger partial charge in [-0.25, -0.2) is 0 Å². The maximum absolute atomic E-state index is 10.1. The molecule has 0 fully saturated rings. The van der Waals surface area contributed by atoms with Gasteiger partial charge in [-0.3, -0.25) is 0 Å². The van der Waals surface area contributed by atoms with Crippen molar-refractivity contribution < 1.29 is 0 Å². The van der Waals surface area contributed by atoms with Gasteiger partial charge in [-0.2, -0.15) is 26.3 Å². The zero-order chi connectivity index (χ0) is 31.1. The first-order valence-electron chi connectivity index (χ1n) is 14.0. The van der Waals surface area contributed by atoms with Crippen molar-refractivity contribution in [2.24, 2.45) is 0 Å². The molecule has 0 bridgehead atoms. The van der Waals surface area contributed by atoms with Gasteiger partial charge in [0.2, 0.25) is 0 Å². The summed E-state index contributed by atoms with van der Waals surface area (Å²) in [6.45, 7) is 0. The lowest BCUT2D eigenvalue weighted by Crippen LogP contribution is -2.10. The molecule has 7 rings (SSSR count). The molecule has 0 N–H and O–H groups in total. The van der Waals surface area contributed by atoms with Gasteiger partial charge in [0.05, 0.1) is 33.5 Å². The maximum atomic E-state index is 10.1. The number of fused-ring (bicyclic) bond motifs is 3. The average Bonchev–Trinajstić information content (AvgIpc) is 3.42. The molecule has 0 saturated carbocycles. The Bertz CT molecular complexity index is 2330. The molecule has 0 radical (unpaired) electrons. The Kier molecular flexibility index (Phi) is 6.28. The van der Waals surface area contributed by atoms with E-state index in [4.69, 9.17) is 0 Å². The molecule has 0 saturated heterocycles. The third-order valence-electron chi connectivity index (χ3n) is 8.23. The number of hydrogen-bond acceptors (Lipinski definition) is 6. The minimum Gasteiger partial charge on any atom is -0.310 e. The highest BCUT2D eigenvalue weighted by molar-refractivity contribution is 6.19. The summed E-state index contributed by atoms with van der Waals surface area (Å²) in [6.07, 6.45) is 0. The van der Waals surface area contributed by atoms with E-state index in [0.717, 1.165) is 50.1 Å². The first-order chi connectivity index (χ1) is 22.1. The van der Waals surface area contributed by atoms with Crippen LogP contribution in [0, 0.1) is 56.7 Å². The van der Waals surface area contributed by atoms with Gasteiger partial charge >= 0.3 is 0 Å². The van der Waals surface area contributed by atoms with Crippen molar-refractivity contribution in [1.82, 2.24) is 0 Å². The second-order valence-electron chi connectivity index (χ2n) is 10.4. The van der Waals surface area contributed by atoms with E-state index in [0.29, 0.717) is 5.56 Å². The van der Waals surface area contributed by atoms with Crippen molar-refractivity contribution in [2.75, 3.05) is 4.90 Å². The summed E-state index contributed by atoms with van der Waals surface area (Å²) in [7, 11) is 0. The van der Waals surface area contributed by atoms with Crippen molar-refractivity contribution in [3.8, 4) is 63.7 Å². The number of benzene rings is 6. The molecule has 45 heavy (non-hydrogen) atoms. The Morgan fingerprint density at radius 2 is 0.933 bits per heavy atom. The van der Waals surface area contributed by atoms with Gasteiger partial charge in [0.1, 0.15) is 30.3 Å². The van der Waals surface area contributed by atoms with Crippen LogP contribution in [0.15, 0.2) is 109 Å². The number of anilines is 3. The van der Waals surface area contributed by atoms with Gasteiger partial charge in [-0.05, 0) is 69.6 Å². The number of hydrogen-bond donors (Lipinski definition) is 0. The van der Waals surface area contributed by atoms with Gasteiger partial charge in [0.15, 0.2) is 0 Å². The highest BCUT2D eigenvalue weighted by Crippen LogP contribution is 2.52. The Morgan fingerprint density at radius 1 is 0.422 bits per heavy atom. The first kappa shape index (κ1) is 26.7. The van der Waals surface area contributed by atoms with E-state index in [1.165, 1.54) is 0 Å². The minimum absolute atomic E-state index is 0.0954. The van der Waals surface area contributed by atoms with Crippen LogP contribution in [-0.4, -0.2) is 0 Å². The zero-order valence-corrected chi connectivity index (χ0v) is 23.6. The van der Waals surface area contributed by atoms with Crippen LogP contribution in [-0.2, 0) is 0 Å². The maximum Gasteiger partial charge on any atom is 0.102 e. The lowest BCUT2D eigenvalue weighted by atomic mass is 9.84. The van der Waals surface area contributed by atoms with E-state index in [9.17, 15) is 26.3 Å². The van der Waals surface area contributed by atoms with Crippen LogP contribution in [0.4, 0.5) is 17.1 Å². The Balaban J connectivity index is 1.48. The van der Waals surface area contributed by atoms with Crippen molar-refractivity contribution >= 4 is 27.8 Å². The van der Waals surface area contributed by atoms with Crippen LogP contribution in [0.5, 0.6) is 0 Å². The highest BCUT2D eigenvalue weighted by Gasteiger charge is 2.29. The quantitative estimate of drug-likeness (QED) is 0.208. The largest absolute Gasteiger partial charge is 0.310 e. The molecule has 6 aromatic carbocycles. The summed E-state index contributed by atoms with van der Waals surface area (Å²) in [4.78, 5) is 2.24. The van der Waals surface area contributed by atoms with Gasteiger partial charge in [0.25, 0.3) is 0 Å². The summed E-state index contributed by atoms with van der Waals surface area (Å²) in [5.74, 6) is 0. The van der Waals surface area contributed by atoms with Crippen LogP contribution in [0.25, 0.3) is 44.2 Å².